The third-order valence-corrected chi connectivity index (χ3v) is 4.44. The summed E-state index contributed by atoms with van der Waals surface area (Å²) in [5.41, 5.74) is 1.13. The van der Waals surface area contributed by atoms with E-state index in [4.69, 9.17) is 4.74 Å². The molecule has 1 heterocycles. The third-order valence-electron chi connectivity index (χ3n) is 4.44. The zero-order valence-electron chi connectivity index (χ0n) is 11.4. The van der Waals surface area contributed by atoms with Crippen LogP contribution in [0.1, 0.15) is 60.8 Å². The van der Waals surface area contributed by atoms with Crippen molar-refractivity contribution in [2.45, 2.75) is 60.8 Å². The smallest absolute Gasteiger partial charge is 0.0471 e. The van der Waals surface area contributed by atoms with Crippen LogP contribution in [-0.2, 0) is 4.74 Å². The van der Waals surface area contributed by atoms with Crippen LogP contribution in [0.5, 0.6) is 0 Å². The first-order valence-corrected chi connectivity index (χ1v) is 6.28. The van der Waals surface area contributed by atoms with E-state index in [0.717, 1.165) is 13.2 Å². The molecule has 0 N–H and O–H groups in total. The lowest BCUT2D eigenvalue weighted by Crippen LogP contribution is -2.46. The largest absolute Gasteiger partial charge is 0.381 e. The van der Waals surface area contributed by atoms with Crippen LogP contribution in [0.3, 0.4) is 0 Å². The SMILES string of the molecule is CC(C)(C)C1(C(C)(C)C)CCCOCC1. The summed E-state index contributed by atoms with van der Waals surface area (Å²) in [5, 5.41) is 0. The van der Waals surface area contributed by atoms with Gasteiger partial charge in [-0.05, 0) is 35.5 Å². The van der Waals surface area contributed by atoms with Crippen LogP contribution in [0.4, 0.5) is 0 Å². The van der Waals surface area contributed by atoms with Crippen molar-refractivity contribution < 1.29 is 4.74 Å². The van der Waals surface area contributed by atoms with Gasteiger partial charge in [-0.25, -0.2) is 0 Å². The molecule has 0 unspecified atom stereocenters. The molecule has 0 radical (unpaired) electrons. The molecule has 1 nitrogen and oxygen atoms in total. The number of hydrogen-bond acceptors (Lipinski definition) is 1. The van der Waals surface area contributed by atoms with Crippen LogP contribution in [0.2, 0.25) is 0 Å². The average Bonchev–Trinajstić information content (AvgIpc) is 2.25. The van der Waals surface area contributed by atoms with Crippen LogP contribution in [0, 0.1) is 16.2 Å². The van der Waals surface area contributed by atoms with Gasteiger partial charge in [0.25, 0.3) is 0 Å². The lowest BCUT2D eigenvalue weighted by atomic mass is 9.51. The van der Waals surface area contributed by atoms with E-state index in [1.165, 1.54) is 19.3 Å². The van der Waals surface area contributed by atoms with Gasteiger partial charge in [0.2, 0.25) is 0 Å². The lowest BCUT2D eigenvalue weighted by molar-refractivity contribution is -0.0493. The molecule has 90 valence electrons. The molecule has 0 aliphatic carbocycles. The second kappa shape index (κ2) is 4.08. The van der Waals surface area contributed by atoms with Crippen LogP contribution in [0.15, 0.2) is 0 Å². The van der Waals surface area contributed by atoms with Gasteiger partial charge in [0, 0.05) is 13.2 Å². The Balaban J connectivity index is 3.05. The van der Waals surface area contributed by atoms with Crippen molar-refractivity contribution in [1.29, 1.82) is 0 Å². The average molecular weight is 212 g/mol. The Morgan fingerprint density at radius 2 is 1.33 bits per heavy atom. The minimum absolute atomic E-state index is 0.360. The van der Waals surface area contributed by atoms with Gasteiger partial charge in [-0.2, -0.15) is 0 Å². The number of rotatable bonds is 0. The first kappa shape index (κ1) is 13.0. The Bertz CT molecular complexity index is 180. The zero-order chi connectivity index (χ0) is 11.7. The second-order valence-corrected chi connectivity index (χ2v) is 7.05. The quantitative estimate of drug-likeness (QED) is 0.583. The van der Waals surface area contributed by atoms with Gasteiger partial charge < -0.3 is 4.74 Å². The minimum atomic E-state index is 0.360. The van der Waals surface area contributed by atoms with Crippen molar-refractivity contribution in [2.75, 3.05) is 13.2 Å². The zero-order valence-corrected chi connectivity index (χ0v) is 11.4. The standard InChI is InChI=1S/C14H28O/c1-12(2,3)14(13(4,5)6)8-7-10-15-11-9-14/h7-11H2,1-6H3. The first-order chi connectivity index (χ1) is 6.71. The first-order valence-electron chi connectivity index (χ1n) is 6.28. The van der Waals surface area contributed by atoms with E-state index in [1.807, 2.05) is 0 Å². The van der Waals surface area contributed by atoms with E-state index in [1.54, 1.807) is 0 Å². The fraction of sp³-hybridized carbons (Fsp3) is 1.00. The molecule has 0 aromatic rings. The Hall–Kier alpha value is -0.0400. The number of ether oxygens (including phenoxy) is 1. The fourth-order valence-electron chi connectivity index (χ4n) is 3.57. The minimum Gasteiger partial charge on any atom is -0.381 e. The predicted molar refractivity (Wildman–Crippen MR) is 66.0 cm³/mol. The van der Waals surface area contributed by atoms with Crippen LogP contribution in [0.25, 0.3) is 0 Å². The summed E-state index contributed by atoms with van der Waals surface area (Å²) in [6, 6.07) is 0. The third kappa shape index (κ3) is 2.38. The van der Waals surface area contributed by atoms with Crippen molar-refractivity contribution in [2.24, 2.45) is 16.2 Å². The molecular weight excluding hydrogens is 184 g/mol. The molecule has 1 saturated heterocycles. The molecule has 0 saturated carbocycles. The summed E-state index contributed by atoms with van der Waals surface area (Å²) in [6.07, 6.45) is 3.73. The van der Waals surface area contributed by atoms with Crippen LogP contribution in [-0.4, -0.2) is 13.2 Å². The topological polar surface area (TPSA) is 9.23 Å². The molecule has 1 rings (SSSR count). The summed E-state index contributed by atoms with van der Waals surface area (Å²) in [7, 11) is 0. The molecule has 0 atom stereocenters. The molecule has 0 bridgehead atoms. The monoisotopic (exact) mass is 212 g/mol. The molecule has 1 aliphatic rings. The van der Waals surface area contributed by atoms with Gasteiger partial charge in [0.05, 0.1) is 0 Å². The van der Waals surface area contributed by atoms with Crippen LogP contribution >= 0.6 is 0 Å². The highest BCUT2D eigenvalue weighted by atomic mass is 16.5. The van der Waals surface area contributed by atoms with Crippen molar-refractivity contribution in [3.8, 4) is 0 Å². The fourth-order valence-corrected chi connectivity index (χ4v) is 3.57. The van der Waals surface area contributed by atoms with Gasteiger partial charge in [-0.3, -0.25) is 0 Å². The van der Waals surface area contributed by atoms with Gasteiger partial charge in [-0.15, -0.1) is 0 Å². The molecular formula is C14H28O. The molecule has 1 fully saturated rings. The Kier molecular flexibility index (Phi) is 3.55. The maximum Gasteiger partial charge on any atom is 0.0471 e. The summed E-state index contributed by atoms with van der Waals surface area (Å²) in [4.78, 5) is 0. The van der Waals surface area contributed by atoms with Crippen molar-refractivity contribution >= 4 is 0 Å². The van der Waals surface area contributed by atoms with Crippen LogP contribution < -0.4 is 0 Å². The normalized spacial score (nSPS) is 23.6. The highest BCUT2D eigenvalue weighted by molar-refractivity contribution is 4.98. The molecule has 0 amide bonds. The highest BCUT2D eigenvalue weighted by Crippen LogP contribution is 2.57. The predicted octanol–water partition coefficient (Wildman–Crippen LogP) is 4.27. The van der Waals surface area contributed by atoms with Gasteiger partial charge in [0.15, 0.2) is 0 Å². The molecule has 1 heteroatoms. The molecule has 1 aliphatic heterocycles. The Labute approximate surface area is 95.6 Å². The summed E-state index contributed by atoms with van der Waals surface area (Å²) in [5.74, 6) is 0. The van der Waals surface area contributed by atoms with Gasteiger partial charge in [-0.1, -0.05) is 41.5 Å². The summed E-state index contributed by atoms with van der Waals surface area (Å²) >= 11 is 0. The summed E-state index contributed by atoms with van der Waals surface area (Å²) in [6.45, 7) is 16.2. The van der Waals surface area contributed by atoms with Gasteiger partial charge >= 0.3 is 0 Å². The molecule has 15 heavy (non-hydrogen) atoms. The molecule has 0 spiro atoms. The number of hydrogen-bond donors (Lipinski definition) is 0. The van der Waals surface area contributed by atoms with E-state index in [2.05, 4.69) is 41.5 Å². The van der Waals surface area contributed by atoms with Crippen molar-refractivity contribution in [3.63, 3.8) is 0 Å². The Morgan fingerprint density at radius 3 is 1.80 bits per heavy atom. The molecule has 0 aromatic carbocycles. The Morgan fingerprint density at radius 1 is 0.800 bits per heavy atom. The summed E-state index contributed by atoms with van der Waals surface area (Å²) < 4.78 is 5.64. The second-order valence-electron chi connectivity index (χ2n) is 7.05. The maximum absolute atomic E-state index is 5.64. The molecule has 0 aromatic heterocycles. The van der Waals surface area contributed by atoms with Crippen molar-refractivity contribution in [3.05, 3.63) is 0 Å². The van der Waals surface area contributed by atoms with E-state index < -0.39 is 0 Å². The maximum atomic E-state index is 5.64. The van der Waals surface area contributed by atoms with E-state index in [-0.39, 0.29) is 0 Å². The highest BCUT2D eigenvalue weighted by Gasteiger charge is 2.49. The van der Waals surface area contributed by atoms with E-state index in [9.17, 15) is 0 Å². The van der Waals surface area contributed by atoms with Crippen molar-refractivity contribution in [1.82, 2.24) is 0 Å². The lowest BCUT2D eigenvalue weighted by Gasteiger charge is -2.53. The van der Waals surface area contributed by atoms with E-state index in [0.29, 0.717) is 16.2 Å². The van der Waals surface area contributed by atoms with Gasteiger partial charge in [0.1, 0.15) is 0 Å². The van der Waals surface area contributed by atoms with E-state index >= 15 is 0 Å².